The highest BCUT2D eigenvalue weighted by molar-refractivity contribution is 8.01. The Morgan fingerprint density at radius 1 is 1.29 bits per heavy atom. The third kappa shape index (κ3) is 5.60. The predicted octanol–water partition coefficient (Wildman–Crippen LogP) is 3.97. The van der Waals surface area contributed by atoms with Gasteiger partial charge in [-0.25, -0.2) is 0 Å². The zero-order valence-corrected chi connectivity index (χ0v) is 14.8. The fraction of sp³-hybridized carbons (Fsp3) is 0.357. The van der Waals surface area contributed by atoms with Crippen molar-refractivity contribution in [2.75, 3.05) is 11.1 Å². The molecule has 1 fully saturated rings. The molecule has 0 saturated heterocycles. The van der Waals surface area contributed by atoms with Crippen molar-refractivity contribution in [3.63, 3.8) is 0 Å². The largest absolute Gasteiger partial charge is 0.353 e. The molecule has 10 heteroatoms. The molecule has 3 rings (SSSR count). The average Bonchev–Trinajstić information content (AvgIpc) is 3.24. The van der Waals surface area contributed by atoms with Crippen LogP contribution < -0.4 is 10.6 Å². The van der Waals surface area contributed by atoms with Crippen molar-refractivity contribution in [3.05, 3.63) is 24.3 Å². The van der Waals surface area contributed by atoms with Crippen LogP contribution in [0, 0.1) is 0 Å². The summed E-state index contributed by atoms with van der Waals surface area (Å²) in [6.45, 7) is 0. The zero-order chi connectivity index (χ0) is 16.9. The normalized spacial score (nSPS) is 14.0. The molecule has 128 valence electrons. The lowest BCUT2D eigenvalue weighted by molar-refractivity contribution is -0.118. The summed E-state index contributed by atoms with van der Waals surface area (Å²) in [6.07, 6.45) is 2.13. The molecule has 0 aliphatic heterocycles. The van der Waals surface area contributed by atoms with Crippen molar-refractivity contribution in [2.45, 2.75) is 33.9 Å². The molecule has 2 N–H and O–H groups in total. The van der Waals surface area contributed by atoms with Gasteiger partial charge in [0.15, 0.2) is 4.34 Å². The Morgan fingerprint density at radius 3 is 2.71 bits per heavy atom. The molecule has 24 heavy (non-hydrogen) atoms. The Hall–Kier alpha value is -1.39. The number of hydrogen-bond donors (Lipinski definition) is 2. The van der Waals surface area contributed by atoms with Crippen LogP contribution in [0.2, 0.25) is 0 Å². The molecule has 0 unspecified atom stereocenters. The molecular weight excluding hydrogens is 374 g/mol. The number of aromatic nitrogens is 2. The number of amides is 1. The highest BCUT2D eigenvalue weighted by Gasteiger charge is 2.23. The highest BCUT2D eigenvalue weighted by Crippen LogP contribution is 2.30. The summed E-state index contributed by atoms with van der Waals surface area (Å²) < 4.78 is 25.2. The number of halogens is 2. The van der Waals surface area contributed by atoms with Crippen LogP contribution in [0.1, 0.15) is 12.8 Å². The van der Waals surface area contributed by atoms with Gasteiger partial charge in [0, 0.05) is 16.6 Å². The third-order valence-corrected chi connectivity index (χ3v) is 5.70. The Kier molecular flexibility index (Phi) is 5.90. The minimum atomic E-state index is -2.43. The van der Waals surface area contributed by atoms with E-state index in [4.69, 9.17) is 0 Å². The first kappa shape index (κ1) is 17.4. The summed E-state index contributed by atoms with van der Waals surface area (Å²) in [4.78, 5) is 12.1. The summed E-state index contributed by atoms with van der Waals surface area (Å²) in [5.74, 6) is -2.09. The SMILES string of the molecule is O=C(CSc1nnc(Nc2ccc(SC(F)F)cc2)s1)NC1CC1. The molecule has 2 aromatic rings. The van der Waals surface area contributed by atoms with Crippen molar-refractivity contribution in [3.8, 4) is 0 Å². The van der Waals surface area contributed by atoms with Crippen LogP contribution in [-0.2, 0) is 4.79 Å². The summed E-state index contributed by atoms with van der Waals surface area (Å²) >= 11 is 3.20. The van der Waals surface area contributed by atoms with Gasteiger partial charge in [-0.1, -0.05) is 34.9 Å². The number of nitrogens with zero attached hydrogens (tertiary/aromatic N) is 2. The smallest absolute Gasteiger partial charge is 0.288 e. The zero-order valence-electron chi connectivity index (χ0n) is 12.4. The Labute approximate surface area is 150 Å². The van der Waals surface area contributed by atoms with Crippen LogP contribution in [0.25, 0.3) is 0 Å². The Balaban J connectivity index is 1.48. The van der Waals surface area contributed by atoms with Gasteiger partial charge >= 0.3 is 0 Å². The lowest BCUT2D eigenvalue weighted by Gasteiger charge is -2.03. The Morgan fingerprint density at radius 2 is 2.04 bits per heavy atom. The van der Waals surface area contributed by atoms with E-state index in [2.05, 4.69) is 20.8 Å². The van der Waals surface area contributed by atoms with Crippen LogP contribution in [0.3, 0.4) is 0 Å². The van der Waals surface area contributed by atoms with Crippen LogP contribution in [0.5, 0.6) is 0 Å². The molecule has 0 atom stereocenters. The van der Waals surface area contributed by atoms with Crippen LogP contribution >= 0.6 is 34.9 Å². The second-order valence-corrected chi connectivity index (χ2v) is 8.29. The van der Waals surface area contributed by atoms with E-state index >= 15 is 0 Å². The van der Waals surface area contributed by atoms with Crippen LogP contribution in [0.15, 0.2) is 33.5 Å². The van der Waals surface area contributed by atoms with E-state index in [0.29, 0.717) is 37.9 Å². The predicted molar refractivity (Wildman–Crippen MR) is 93.4 cm³/mol. The van der Waals surface area contributed by atoms with Crippen molar-refractivity contribution >= 4 is 51.6 Å². The van der Waals surface area contributed by atoms with E-state index in [9.17, 15) is 13.6 Å². The van der Waals surface area contributed by atoms with Gasteiger partial charge in [-0.2, -0.15) is 8.78 Å². The van der Waals surface area contributed by atoms with Crippen molar-refractivity contribution in [1.82, 2.24) is 15.5 Å². The van der Waals surface area contributed by atoms with Crippen LogP contribution in [0.4, 0.5) is 19.6 Å². The van der Waals surface area contributed by atoms with E-state index in [1.807, 2.05) is 0 Å². The van der Waals surface area contributed by atoms with Crippen molar-refractivity contribution in [1.29, 1.82) is 0 Å². The first-order valence-corrected chi connectivity index (χ1v) is 9.84. The number of thioether (sulfide) groups is 2. The number of hydrogen-bond acceptors (Lipinski definition) is 7. The van der Waals surface area contributed by atoms with E-state index in [1.165, 1.54) is 23.1 Å². The first-order valence-electron chi connectivity index (χ1n) is 7.16. The maximum atomic E-state index is 12.3. The summed E-state index contributed by atoms with van der Waals surface area (Å²) in [5.41, 5.74) is 0.743. The van der Waals surface area contributed by atoms with Gasteiger partial charge in [0.05, 0.1) is 5.75 Å². The second kappa shape index (κ2) is 8.13. The summed E-state index contributed by atoms with van der Waals surface area (Å²) in [6, 6.07) is 7.02. The number of anilines is 2. The minimum Gasteiger partial charge on any atom is -0.353 e. The fourth-order valence-electron chi connectivity index (χ4n) is 1.79. The van der Waals surface area contributed by atoms with Gasteiger partial charge in [0.25, 0.3) is 5.76 Å². The number of alkyl halides is 2. The molecule has 1 aliphatic rings. The summed E-state index contributed by atoms with van der Waals surface area (Å²) in [5, 5.41) is 14.6. The van der Waals surface area contributed by atoms with E-state index in [-0.39, 0.29) is 5.91 Å². The standard InChI is InChI=1S/C14H14F2N4OS3/c15-12(16)23-10-5-3-9(4-6-10)18-13-19-20-14(24-13)22-7-11(21)17-8-1-2-8/h3-6,8,12H,1-2,7H2,(H,17,21)(H,18,19). The molecule has 0 radical (unpaired) electrons. The van der Waals surface area contributed by atoms with Crippen LogP contribution in [-0.4, -0.2) is 33.7 Å². The van der Waals surface area contributed by atoms with E-state index < -0.39 is 5.76 Å². The molecule has 0 spiro atoms. The summed E-state index contributed by atoms with van der Waals surface area (Å²) in [7, 11) is 0. The monoisotopic (exact) mass is 388 g/mol. The fourth-order valence-corrected chi connectivity index (χ4v) is 3.87. The number of carbonyl (C=O) groups excluding carboxylic acids is 1. The van der Waals surface area contributed by atoms with Gasteiger partial charge in [0.2, 0.25) is 11.0 Å². The molecule has 1 saturated carbocycles. The molecule has 1 aromatic carbocycles. The number of rotatable bonds is 8. The number of nitrogens with one attached hydrogen (secondary N) is 2. The van der Waals surface area contributed by atoms with E-state index in [1.54, 1.807) is 24.3 Å². The molecule has 5 nitrogen and oxygen atoms in total. The molecule has 1 heterocycles. The second-order valence-electron chi connectivity index (χ2n) is 5.03. The topological polar surface area (TPSA) is 66.9 Å². The van der Waals surface area contributed by atoms with Gasteiger partial charge in [-0.05, 0) is 37.1 Å². The molecule has 0 bridgehead atoms. The third-order valence-electron chi connectivity index (χ3n) is 3.01. The highest BCUT2D eigenvalue weighted by atomic mass is 32.2. The number of carbonyl (C=O) groups is 1. The average molecular weight is 388 g/mol. The van der Waals surface area contributed by atoms with E-state index in [0.717, 1.165) is 18.5 Å². The first-order chi connectivity index (χ1) is 11.6. The minimum absolute atomic E-state index is 0.0133. The molecule has 1 amide bonds. The molecular formula is C14H14F2N4OS3. The lowest BCUT2D eigenvalue weighted by Crippen LogP contribution is -2.26. The van der Waals surface area contributed by atoms with Gasteiger partial charge < -0.3 is 10.6 Å². The van der Waals surface area contributed by atoms with Gasteiger partial charge in [-0.15, -0.1) is 10.2 Å². The van der Waals surface area contributed by atoms with Crippen molar-refractivity contribution < 1.29 is 13.6 Å². The lowest BCUT2D eigenvalue weighted by atomic mass is 10.3. The Bertz CT molecular complexity index is 692. The maximum absolute atomic E-state index is 12.3. The molecule has 1 aromatic heterocycles. The quantitative estimate of drug-likeness (QED) is 0.667. The van der Waals surface area contributed by atoms with Crippen molar-refractivity contribution in [2.24, 2.45) is 0 Å². The molecule has 1 aliphatic carbocycles. The van der Waals surface area contributed by atoms with Gasteiger partial charge in [0.1, 0.15) is 0 Å². The number of benzene rings is 1. The van der Waals surface area contributed by atoms with Gasteiger partial charge in [-0.3, -0.25) is 4.79 Å². The maximum Gasteiger partial charge on any atom is 0.288 e.